The summed E-state index contributed by atoms with van der Waals surface area (Å²) in [5, 5.41) is 1.20. The number of nitrogens with zero attached hydrogens (tertiary/aromatic N) is 1. The Labute approximate surface area is 141 Å². The Hall–Kier alpha value is -1.62. The van der Waals surface area contributed by atoms with E-state index in [1.165, 1.54) is 16.5 Å². The van der Waals surface area contributed by atoms with Gasteiger partial charge in [0.05, 0.1) is 7.11 Å². The maximum atomic E-state index is 13.3. The third kappa shape index (κ3) is 2.59. The Morgan fingerprint density at radius 3 is 2.58 bits per heavy atom. The van der Waals surface area contributed by atoms with Crippen LogP contribution in [0.3, 0.4) is 0 Å². The van der Waals surface area contributed by atoms with Crippen molar-refractivity contribution >= 4 is 10.9 Å². The van der Waals surface area contributed by atoms with Crippen LogP contribution in [0.2, 0.25) is 0 Å². The number of piperidine rings is 1. The largest absolute Gasteiger partial charge is 0.496 e. The van der Waals surface area contributed by atoms with Gasteiger partial charge in [-0.3, -0.25) is 4.90 Å². The van der Waals surface area contributed by atoms with Crippen LogP contribution >= 0.6 is 0 Å². The van der Waals surface area contributed by atoms with Crippen molar-refractivity contribution in [3.8, 4) is 5.75 Å². The SMILES string of the molecule is COc1cc(C)c2[nH]ccc2c1CN1CCC2(CC1)CC(F)(F)C2. The highest BCUT2D eigenvalue weighted by Gasteiger charge is 2.56. The minimum Gasteiger partial charge on any atom is -0.496 e. The number of methoxy groups -OCH3 is 1. The molecule has 24 heavy (non-hydrogen) atoms. The summed E-state index contributed by atoms with van der Waals surface area (Å²) in [6.07, 6.45) is 3.90. The molecule has 2 aromatic rings. The Morgan fingerprint density at radius 1 is 1.25 bits per heavy atom. The first-order valence-corrected chi connectivity index (χ1v) is 8.65. The first kappa shape index (κ1) is 15.9. The number of aromatic nitrogens is 1. The molecule has 2 fully saturated rings. The number of benzene rings is 1. The summed E-state index contributed by atoms with van der Waals surface area (Å²) in [4.78, 5) is 5.68. The van der Waals surface area contributed by atoms with E-state index in [2.05, 4.69) is 28.9 Å². The monoisotopic (exact) mass is 334 g/mol. The third-order valence-corrected chi connectivity index (χ3v) is 5.90. The molecular weight excluding hydrogens is 310 g/mol. The lowest BCUT2D eigenvalue weighted by atomic mass is 9.61. The van der Waals surface area contributed by atoms with E-state index in [0.29, 0.717) is 0 Å². The van der Waals surface area contributed by atoms with Crippen LogP contribution in [0, 0.1) is 12.3 Å². The number of fused-ring (bicyclic) bond motifs is 1. The van der Waals surface area contributed by atoms with E-state index in [1.807, 2.05) is 6.20 Å². The van der Waals surface area contributed by atoms with Crippen LogP contribution in [0.5, 0.6) is 5.75 Å². The second-order valence-electron chi connectivity index (χ2n) is 7.63. The minimum atomic E-state index is -2.42. The van der Waals surface area contributed by atoms with E-state index < -0.39 is 5.92 Å². The van der Waals surface area contributed by atoms with Crippen molar-refractivity contribution in [3.63, 3.8) is 0 Å². The average molecular weight is 334 g/mol. The van der Waals surface area contributed by atoms with Crippen molar-refractivity contribution < 1.29 is 13.5 Å². The molecule has 0 radical (unpaired) electrons. The fraction of sp³-hybridized carbons (Fsp3) is 0.579. The van der Waals surface area contributed by atoms with Crippen molar-refractivity contribution in [1.82, 2.24) is 9.88 Å². The highest BCUT2D eigenvalue weighted by molar-refractivity contribution is 5.88. The van der Waals surface area contributed by atoms with Crippen LogP contribution in [0.25, 0.3) is 10.9 Å². The molecule has 4 rings (SSSR count). The van der Waals surface area contributed by atoms with Crippen molar-refractivity contribution in [2.45, 2.75) is 45.1 Å². The van der Waals surface area contributed by atoms with E-state index in [-0.39, 0.29) is 18.3 Å². The van der Waals surface area contributed by atoms with Crippen molar-refractivity contribution in [1.29, 1.82) is 0 Å². The predicted molar refractivity (Wildman–Crippen MR) is 90.7 cm³/mol. The number of H-pyrrole nitrogens is 1. The van der Waals surface area contributed by atoms with Crippen molar-refractivity contribution in [2.24, 2.45) is 5.41 Å². The van der Waals surface area contributed by atoms with Gasteiger partial charge in [-0.15, -0.1) is 0 Å². The van der Waals surface area contributed by atoms with Gasteiger partial charge in [0.2, 0.25) is 5.92 Å². The highest BCUT2D eigenvalue weighted by Crippen LogP contribution is 2.57. The summed E-state index contributed by atoms with van der Waals surface area (Å²) in [6, 6.07) is 4.17. The number of aryl methyl sites for hydroxylation is 1. The molecule has 0 unspecified atom stereocenters. The molecule has 1 aliphatic heterocycles. The Kier molecular flexibility index (Phi) is 3.60. The Bertz CT molecular complexity index is 750. The van der Waals surface area contributed by atoms with E-state index >= 15 is 0 Å². The summed E-state index contributed by atoms with van der Waals surface area (Å²) >= 11 is 0. The number of hydrogen-bond donors (Lipinski definition) is 1. The molecule has 0 atom stereocenters. The fourth-order valence-electron chi connectivity index (χ4n) is 4.59. The number of hydrogen-bond acceptors (Lipinski definition) is 2. The highest BCUT2D eigenvalue weighted by atomic mass is 19.3. The predicted octanol–water partition coefficient (Wildman–Crippen LogP) is 4.50. The summed E-state index contributed by atoms with van der Waals surface area (Å²) < 4.78 is 32.1. The third-order valence-electron chi connectivity index (χ3n) is 5.90. The molecule has 0 bridgehead atoms. The maximum Gasteiger partial charge on any atom is 0.249 e. The maximum absolute atomic E-state index is 13.3. The summed E-state index contributed by atoms with van der Waals surface area (Å²) in [5.74, 6) is -1.50. The van der Waals surface area contributed by atoms with Gasteiger partial charge in [-0.1, -0.05) is 0 Å². The van der Waals surface area contributed by atoms with Crippen LogP contribution in [0.15, 0.2) is 18.3 Å². The molecule has 2 aliphatic rings. The molecule has 1 aromatic heterocycles. The number of rotatable bonds is 3. The Morgan fingerprint density at radius 2 is 1.96 bits per heavy atom. The molecule has 5 heteroatoms. The number of alkyl halides is 2. The molecule has 1 aromatic carbocycles. The average Bonchev–Trinajstić information content (AvgIpc) is 3.00. The second kappa shape index (κ2) is 5.45. The van der Waals surface area contributed by atoms with Gasteiger partial charge in [-0.2, -0.15) is 0 Å². The molecule has 1 spiro atoms. The van der Waals surface area contributed by atoms with Crippen molar-refractivity contribution in [2.75, 3.05) is 20.2 Å². The molecule has 1 N–H and O–H groups in total. The van der Waals surface area contributed by atoms with Crippen LogP contribution < -0.4 is 4.74 Å². The zero-order valence-electron chi connectivity index (χ0n) is 14.3. The normalized spacial score (nSPS) is 22.7. The van der Waals surface area contributed by atoms with E-state index in [1.54, 1.807) is 7.11 Å². The first-order valence-electron chi connectivity index (χ1n) is 8.65. The number of likely N-dealkylation sites (tertiary alicyclic amines) is 1. The number of aromatic amines is 1. The molecule has 130 valence electrons. The van der Waals surface area contributed by atoms with Gasteiger partial charge in [0.25, 0.3) is 0 Å². The number of nitrogens with one attached hydrogen (secondary N) is 1. The van der Waals surface area contributed by atoms with Crippen LogP contribution in [-0.2, 0) is 6.54 Å². The lowest BCUT2D eigenvalue weighted by Gasteiger charge is -2.51. The van der Waals surface area contributed by atoms with E-state index in [4.69, 9.17) is 4.74 Å². The first-order chi connectivity index (χ1) is 11.4. The van der Waals surface area contributed by atoms with Gasteiger partial charge < -0.3 is 9.72 Å². The van der Waals surface area contributed by atoms with Gasteiger partial charge >= 0.3 is 0 Å². The second-order valence-corrected chi connectivity index (χ2v) is 7.63. The van der Waals surface area contributed by atoms with Crippen LogP contribution in [-0.4, -0.2) is 36.0 Å². The quantitative estimate of drug-likeness (QED) is 0.895. The minimum absolute atomic E-state index is 0.0871. The smallest absolute Gasteiger partial charge is 0.249 e. The molecule has 0 amide bonds. The van der Waals surface area contributed by atoms with Crippen LogP contribution in [0.4, 0.5) is 8.78 Å². The summed E-state index contributed by atoms with van der Waals surface area (Å²) in [6.45, 7) is 4.66. The van der Waals surface area contributed by atoms with Crippen LogP contribution in [0.1, 0.15) is 36.8 Å². The van der Waals surface area contributed by atoms with Gasteiger partial charge in [0, 0.05) is 42.0 Å². The zero-order valence-corrected chi connectivity index (χ0v) is 14.3. The molecule has 1 aliphatic carbocycles. The standard InChI is InChI=1S/C19H24F2N2O/c1-13-9-16(24-2)15(14-3-6-22-17(13)14)10-23-7-4-18(5-8-23)11-19(20,21)12-18/h3,6,9,22H,4-5,7-8,10-12H2,1-2H3. The van der Waals surface area contributed by atoms with Gasteiger partial charge in [-0.25, -0.2) is 8.78 Å². The fourth-order valence-corrected chi connectivity index (χ4v) is 4.59. The van der Waals surface area contributed by atoms with Gasteiger partial charge in [-0.05, 0) is 56.0 Å². The zero-order chi connectivity index (χ0) is 16.9. The van der Waals surface area contributed by atoms with Gasteiger partial charge in [0.15, 0.2) is 0 Å². The lowest BCUT2D eigenvalue weighted by Crippen LogP contribution is -2.52. The molecule has 3 nitrogen and oxygen atoms in total. The lowest BCUT2D eigenvalue weighted by molar-refractivity contribution is -0.178. The van der Waals surface area contributed by atoms with Gasteiger partial charge in [0.1, 0.15) is 5.75 Å². The summed E-state index contributed by atoms with van der Waals surface area (Å²) in [5.41, 5.74) is 3.41. The molecule has 2 heterocycles. The molecular formula is C19H24F2N2O. The topological polar surface area (TPSA) is 28.3 Å². The molecule has 1 saturated carbocycles. The van der Waals surface area contributed by atoms with Crippen molar-refractivity contribution in [3.05, 3.63) is 29.5 Å². The van der Waals surface area contributed by atoms with E-state index in [9.17, 15) is 8.78 Å². The number of ether oxygens (including phenoxy) is 1. The Balaban J connectivity index is 1.52. The number of halogens is 2. The van der Waals surface area contributed by atoms with E-state index in [0.717, 1.165) is 43.7 Å². The molecule has 1 saturated heterocycles. The summed E-state index contributed by atoms with van der Waals surface area (Å²) in [7, 11) is 1.71.